The number of carbonyl (C=O) groups excluding carboxylic acids is 1. The lowest BCUT2D eigenvalue weighted by Gasteiger charge is -2.29. The number of nitrogens with one attached hydrogen (secondary N) is 1. The van der Waals surface area contributed by atoms with Gasteiger partial charge in [0.25, 0.3) is 0 Å². The largest absolute Gasteiger partial charge is 0.495 e. The standard InChI is InChI=1S/C13H18N2O3S/c1-17-12-3-2-10(15-4-6-18-7-5-15)8-11(12)14-9-13(16)19/h2-3,8,14H,4-7,9H2,1H3,(H,16,19). The monoisotopic (exact) mass is 282 g/mol. The maximum Gasteiger partial charge on any atom is 0.204 e. The van der Waals surface area contributed by atoms with E-state index in [9.17, 15) is 4.79 Å². The molecular weight excluding hydrogens is 264 g/mol. The van der Waals surface area contributed by atoms with E-state index in [0.29, 0.717) is 5.75 Å². The van der Waals surface area contributed by atoms with Gasteiger partial charge in [-0.3, -0.25) is 4.79 Å². The van der Waals surface area contributed by atoms with Gasteiger partial charge < -0.3 is 19.7 Å². The second-order valence-corrected chi connectivity index (χ2v) is 4.73. The van der Waals surface area contributed by atoms with E-state index >= 15 is 0 Å². The number of rotatable bonds is 5. The molecule has 5 nitrogen and oxygen atoms in total. The van der Waals surface area contributed by atoms with E-state index in [-0.39, 0.29) is 11.7 Å². The van der Waals surface area contributed by atoms with Crippen molar-refractivity contribution in [1.82, 2.24) is 0 Å². The molecule has 0 radical (unpaired) electrons. The van der Waals surface area contributed by atoms with Crippen molar-refractivity contribution >= 4 is 29.1 Å². The molecule has 1 heterocycles. The molecule has 0 amide bonds. The van der Waals surface area contributed by atoms with Gasteiger partial charge in [0.15, 0.2) is 0 Å². The van der Waals surface area contributed by atoms with E-state index in [2.05, 4.69) is 22.8 Å². The molecule has 19 heavy (non-hydrogen) atoms. The van der Waals surface area contributed by atoms with Crippen molar-refractivity contribution in [2.75, 3.05) is 50.2 Å². The lowest BCUT2D eigenvalue weighted by Crippen LogP contribution is -2.36. The molecular formula is C13H18N2O3S. The Balaban J connectivity index is 2.16. The van der Waals surface area contributed by atoms with Crippen LogP contribution in [0.3, 0.4) is 0 Å². The second kappa shape index (κ2) is 6.68. The molecule has 0 saturated carbocycles. The summed E-state index contributed by atoms with van der Waals surface area (Å²) in [5, 5.41) is 2.82. The van der Waals surface area contributed by atoms with E-state index in [1.54, 1.807) is 7.11 Å². The Labute approximate surface area is 118 Å². The highest BCUT2D eigenvalue weighted by molar-refractivity contribution is 7.96. The van der Waals surface area contributed by atoms with Crippen LogP contribution < -0.4 is 15.0 Å². The normalized spacial score (nSPS) is 15.2. The van der Waals surface area contributed by atoms with Gasteiger partial charge >= 0.3 is 0 Å². The highest BCUT2D eigenvalue weighted by Crippen LogP contribution is 2.29. The molecule has 1 aliphatic heterocycles. The van der Waals surface area contributed by atoms with Crippen LogP contribution in [-0.4, -0.2) is 45.1 Å². The maximum absolute atomic E-state index is 10.9. The number of thiol groups is 1. The zero-order valence-corrected chi connectivity index (χ0v) is 11.8. The summed E-state index contributed by atoms with van der Waals surface area (Å²) in [6.45, 7) is 3.40. The Hall–Kier alpha value is -1.40. The fourth-order valence-corrected chi connectivity index (χ4v) is 2.10. The summed E-state index contributed by atoms with van der Waals surface area (Å²) in [6.07, 6.45) is 0. The summed E-state index contributed by atoms with van der Waals surface area (Å²) in [4.78, 5) is 13.2. The third-order valence-electron chi connectivity index (χ3n) is 2.99. The third kappa shape index (κ3) is 3.78. The van der Waals surface area contributed by atoms with Crippen molar-refractivity contribution in [2.24, 2.45) is 0 Å². The zero-order chi connectivity index (χ0) is 13.7. The van der Waals surface area contributed by atoms with Crippen LogP contribution in [0.4, 0.5) is 11.4 Å². The molecule has 104 valence electrons. The van der Waals surface area contributed by atoms with E-state index in [0.717, 1.165) is 37.7 Å². The Morgan fingerprint density at radius 3 is 2.84 bits per heavy atom. The van der Waals surface area contributed by atoms with Gasteiger partial charge in [0.2, 0.25) is 5.12 Å². The molecule has 1 saturated heterocycles. The molecule has 1 fully saturated rings. The van der Waals surface area contributed by atoms with Crippen molar-refractivity contribution < 1.29 is 14.3 Å². The first-order chi connectivity index (χ1) is 9.20. The van der Waals surface area contributed by atoms with Gasteiger partial charge in [-0.1, -0.05) is 0 Å². The minimum Gasteiger partial charge on any atom is -0.495 e. The van der Waals surface area contributed by atoms with Crippen molar-refractivity contribution in [3.05, 3.63) is 18.2 Å². The average molecular weight is 282 g/mol. The van der Waals surface area contributed by atoms with Gasteiger partial charge in [0, 0.05) is 18.8 Å². The average Bonchev–Trinajstić information content (AvgIpc) is 2.45. The predicted octanol–water partition coefficient (Wildman–Crippen LogP) is 1.40. The molecule has 0 spiro atoms. The smallest absolute Gasteiger partial charge is 0.204 e. The SMILES string of the molecule is COc1ccc(N2CCOCC2)cc1NCC(=O)S. The van der Waals surface area contributed by atoms with Gasteiger partial charge in [-0.25, -0.2) is 0 Å². The minimum absolute atomic E-state index is 0.173. The van der Waals surface area contributed by atoms with Gasteiger partial charge in [-0.05, 0) is 18.2 Å². The minimum atomic E-state index is -0.209. The Bertz CT molecular complexity index is 448. The van der Waals surface area contributed by atoms with Crippen LogP contribution in [-0.2, 0) is 9.53 Å². The number of hydrogen-bond donors (Lipinski definition) is 2. The van der Waals surface area contributed by atoms with Crippen LogP contribution >= 0.6 is 12.6 Å². The summed E-state index contributed by atoms with van der Waals surface area (Å²) >= 11 is 3.75. The fraction of sp³-hybridized carbons (Fsp3) is 0.462. The number of nitrogens with zero attached hydrogens (tertiary/aromatic N) is 1. The highest BCUT2D eigenvalue weighted by Gasteiger charge is 2.13. The van der Waals surface area contributed by atoms with Crippen molar-refractivity contribution in [2.45, 2.75) is 0 Å². The van der Waals surface area contributed by atoms with Crippen LogP contribution in [0.25, 0.3) is 0 Å². The quantitative estimate of drug-likeness (QED) is 0.800. The molecule has 0 unspecified atom stereocenters. The molecule has 1 aromatic rings. The molecule has 0 bridgehead atoms. The third-order valence-corrected chi connectivity index (χ3v) is 3.15. The van der Waals surface area contributed by atoms with Crippen LogP contribution in [0.15, 0.2) is 18.2 Å². The summed E-state index contributed by atoms with van der Waals surface area (Å²) in [7, 11) is 1.61. The fourth-order valence-electron chi connectivity index (χ4n) is 2.02. The number of ether oxygens (including phenoxy) is 2. The molecule has 1 aromatic carbocycles. The first-order valence-electron chi connectivity index (χ1n) is 6.17. The molecule has 6 heteroatoms. The number of anilines is 2. The van der Waals surface area contributed by atoms with E-state index < -0.39 is 0 Å². The van der Waals surface area contributed by atoms with Gasteiger partial charge in [-0.15, -0.1) is 12.6 Å². The van der Waals surface area contributed by atoms with Crippen LogP contribution in [0.5, 0.6) is 5.75 Å². The number of carbonyl (C=O) groups is 1. The topological polar surface area (TPSA) is 50.8 Å². The molecule has 2 rings (SSSR count). The second-order valence-electron chi connectivity index (χ2n) is 4.23. The van der Waals surface area contributed by atoms with E-state index in [1.807, 2.05) is 18.2 Å². The lowest BCUT2D eigenvalue weighted by atomic mass is 10.2. The highest BCUT2D eigenvalue weighted by atomic mass is 32.1. The number of benzene rings is 1. The summed E-state index contributed by atoms with van der Waals surface area (Å²) in [5.41, 5.74) is 1.90. The summed E-state index contributed by atoms with van der Waals surface area (Å²) in [6, 6.07) is 5.90. The first kappa shape index (κ1) is 14.0. The molecule has 1 aliphatic rings. The van der Waals surface area contributed by atoms with Crippen molar-refractivity contribution in [3.63, 3.8) is 0 Å². The lowest BCUT2D eigenvalue weighted by molar-refractivity contribution is -0.109. The van der Waals surface area contributed by atoms with E-state index in [1.165, 1.54) is 0 Å². The first-order valence-corrected chi connectivity index (χ1v) is 6.62. The van der Waals surface area contributed by atoms with Crippen LogP contribution in [0.1, 0.15) is 0 Å². The van der Waals surface area contributed by atoms with Crippen LogP contribution in [0.2, 0.25) is 0 Å². The Kier molecular flexibility index (Phi) is 4.93. The predicted molar refractivity (Wildman–Crippen MR) is 78.5 cm³/mol. The number of morpholine rings is 1. The van der Waals surface area contributed by atoms with Gasteiger partial charge in [-0.2, -0.15) is 0 Å². The summed E-state index contributed by atoms with van der Waals surface area (Å²) in [5.74, 6) is 0.714. The maximum atomic E-state index is 10.9. The molecule has 0 aliphatic carbocycles. The number of hydrogen-bond acceptors (Lipinski definition) is 5. The van der Waals surface area contributed by atoms with Gasteiger partial charge in [0.05, 0.1) is 32.6 Å². The van der Waals surface area contributed by atoms with Crippen molar-refractivity contribution in [1.29, 1.82) is 0 Å². The van der Waals surface area contributed by atoms with Crippen LogP contribution in [0, 0.1) is 0 Å². The Morgan fingerprint density at radius 1 is 1.47 bits per heavy atom. The summed E-state index contributed by atoms with van der Waals surface area (Å²) < 4.78 is 10.6. The molecule has 0 atom stereocenters. The number of methoxy groups -OCH3 is 1. The molecule has 1 N–H and O–H groups in total. The van der Waals surface area contributed by atoms with E-state index in [4.69, 9.17) is 9.47 Å². The van der Waals surface area contributed by atoms with Gasteiger partial charge in [0.1, 0.15) is 5.75 Å². The van der Waals surface area contributed by atoms with Crippen molar-refractivity contribution in [3.8, 4) is 5.75 Å². The Morgan fingerprint density at radius 2 is 2.21 bits per heavy atom. The molecule has 0 aromatic heterocycles. The zero-order valence-electron chi connectivity index (χ0n) is 10.9.